The fraction of sp³-hybridized carbons (Fsp3) is 0.167. The molecular formula is C24H21IN2O5S. The topological polar surface area (TPSA) is 84.0 Å². The zero-order valence-electron chi connectivity index (χ0n) is 17.7. The normalized spacial score (nSPS) is 16.5. The van der Waals surface area contributed by atoms with E-state index in [-0.39, 0.29) is 17.9 Å². The molecule has 0 aliphatic carbocycles. The summed E-state index contributed by atoms with van der Waals surface area (Å²) in [6.07, 6.45) is -0.229. The van der Waals surface area contributed by atoms with Gasteiger partial charge in [-0.15, -0.1) is 0 Å². The van der Waals surface area contributed by atoms with E-state index in [0.717, 1.165) is 12.8 Å². The highest BCUT2D eigenvalue weighted by Gasteiger charge is 2.47. The van der Waals surface area contributed by atoms with Gasteiger partial charge in [-0.05, 0) is 76.7 Å². The van der Waals surface area contributed by atoms with Crippen LogP contribution in [0.3, 0.4) is 0 Å². The Labute approximate surface area is 206 Å². The maximum atomic E-state index is 13.7. The number of amides is 2. The second-order valence-corrected chi connectivity index (χ2v) is 10.6. The summed E-state index contributed by atoms with van der Waals surface area (Å²) in [7, 11) is -2.61. The maximum Gasteiger partial charge on any atom is 0.252 e. The highest BCUT2D eigenvalue weighted by Crippen LogP contribution is 2.31. The van der Waals surface area contributed by atoms with Crippen LogP contribution in [0.4, 0.5) is 5.69 Å². The lowest BCUT2D eigenvalue weighted by Crippen LogP contribution is -2.45. The van der Waals surface area contributed by atoms with Crippen molar-refractivity contribution < 1.29 is 22.7 Å². The summed E-state index contributed by atoms with van der Waals surface area (Å²) in [6.45, 7) is -0.0422. The number of hydrogen-bond donors (Lipinski definition) is 0. The van der Waals surface area contributed by atoms with Crippen LogP contribution in [0.25, 0.3) is 0 Å². The molecule has 0 bridgehead atoms. The molecular weight excluding hydrogens is 555 g/mol. The molecule has 4 rings (SSSR count). The third-order valence-corrected chi connectivity index (χ3v) is 7.99. The average molecular weight is 576 g/mol. The van der Waals surface area contributed by atoms with E-state index in [9.17, 15) is 18.0 Å². The number of ether oxygens (including phenoxy) is 1. The molecule has 1 aliphatic rings. The molecule has 0 spiro atoms. The van der Waals surface area contributed by atoms with Crippen molar-refractivity contribution in [1.29, 1.82) is 0 Å². The van der Waals surface area contributed by atoms with Gasteiger partial charge in [0.15, 0.2) is 0 Å². The van der Waals surface area contributed by atoms with Crippen LogP contribution < -0.4 is 9.64 Å². The minimum absolute atomic E-state index is 0.0206. The Morgan fingerprint density at radius 2 is 1.61 bits per heavy atom. The number of halogens is 1. The first-order valence-electron chi connectivity index (χ1n) is 10.1. The first-order valence-corrected chi connectivity index (χ1v) is 12.7. The van der Waals surface area contributed by atoms with E-state index in [1.54, 1.807) is 60.7 Å². The highest BCUT2D eigenvalue weighted by molar-refractivity contribution is 14.1. The Hall–Kier alpha value is -2.76. The maximum absolute atomic E-state index is 13.7. The van der Waals surface area contributed by atoms with Gasteiger partial charge in [0.25, 0.3) is 5.91 Å². The highest BCUT2D eigenvalue weighted by atomic mass is 127. The average Bonchev–Trinajstić information content (AvgIpc) is 3.12. The van der Waals surface area contributed by atoms with Crippen LogP contribution in [-0.2, 0) is 26.2 Å². The smallest absolute Gasteiger partial charge is 0.252 e. The Morgan fingerprint density at radius 3 is 2.21 bits per heavy atom. The summed E-state index contributed by atoms with van der Waals surface area (Å²) in [5, 5.41) is 0. The molecule has 0 aromatic heterocycles. The quantitative estimate of drug-likeness (QED) is 0.316. The number of hydrogen-bond acceptors (Lipinski definition) is 5. The van der Waals surface area contributed by atoms with Gasteiger partial charge in [0.05, 0.1) is 24.1 Å². The van der Waals surface area contributed by atoms with Crippen LogP contribution in [-0.4, -0.2) is 37.7 Å². The molecule has 0 N–H and O–H groups in total. The van der Waals surface area contributed by atoms with E-state index < -0.39 is 27.9 Å². The largest absolute Gasteiger partial charge is 0.497 e. The summed E-state index contributed by atoms with van der Waals surface area (Å²) in [4.78, 5) is 27.3. The van der Waals surface area contributed by atoms with E-state index in [0.29, 0.717) is 17.0 Å². The minimum Gasteiger partial charge on any atom is -0.497 e. The van der Waals surface area contributed by atoms with Crippen LogP contribution in [0, 0.1) is 3.57 Å². The number of anilines is 1. The predicted octanol–water partition coefficient (Wildman–Crippen LogP) is 3.82. The number of carbonyl (C=O) groups excluding carboxylic acids is 2. The third-order valence-electron chi connectivity index (χ3n) is 5.40. The van der Waals surface area contributed by atoms with Crippen LogP contribution in [0.2, 0.25) is 0 Å². The van der Waals surface area contributed by atoms with Crippen molar-refractivity contribution >= 4 is 50.1 Å². The van der Waals surface area contributed by atoms with Gasteiger partial charge in [-0.3, -0.25) is 9.59 Å². The summed E-state index contributed by atoms with van der Waals surface area (Å²) in [5.74, 6) is -0.482. The van der Waals surface area contributed by atoms with E-state index in [2.05, 4.69) is 22.6 Å². The number of imide groups is 1. The zero-order chi connectivity index (χ0) is 23.6. The van der Waals surface area contributed by atoms with E-state index in [1.165, 1.54) is 19.2 Å². The summed E-state index contributed by atoms with van der Waals surface area (Å²) >= 11 is 2.13. The number of carbonyl (C=O) groups is 2. The monoisotopic (exact) mass is 576 g/mol. The van der Waals surface area contributed by atoms with Crippen molar-refractivity contribution in [3.8, 4) is 5.75 Å². The van der Waals surface area contributed by atoms with Crippen LogP contribution in [0.15, 0.2) is 83.8 Å². The Bertz CT molecular complexity index is 1260. The second kappa shape index (κ2) is 9.62. The molecule has 3 aromatic rings. The number of sulfonamides is 1. The molecule has 9 heteroatoms. The molecule has 1 heterocycles. The second-order valence-electron chi connectivity index (χ2n) is 7.48. The van der Waals surface area contributed by atoms with Gasteiger partial charge in [-0.25, -0.2) is 13.3 Å². The standard InChI is InChI=1S/C24H21IN2O5S/c1-32-20-11-13-21(14-12-20)33(30,31)26(16-17-5-3-2-4-6-17)22-15-23(28)27(24(22)29)19-9-7-18(25)8-10-19/h2-14,22H,15-16H2,1H3. The number of benzene rings is 3. The summed E-state index contributed by atoms with van der Waals surface area (Å²) in [6, 6.07) is 20.8. The molecule has 33 heavy (non-hydrogen) atoms. The first-order chi connectivity index (χ1) is 15.8. The van der Waals surface area contributed by atoms with Crippen molar-refractivity contribution in [3.05, 3.63) is 88.0 Å². The summed E-state index contributed by atoms with van der Waals surface area (Å²) < 4.78 is 34.5. The molecule has 1 atom stereocenters. The minimum atomic E-state index is -4.10. The molecule has 7 nitrogen and oxygen atoms in total. The molecule has 0 radical (unpaired) electrons. The summed E-state index contributed by atoms with van der Waals surface area (Å²) in [5.41, 5.74) is 1.14. The molecule has 1 unspecified atom stereocenters. The van der Waals surface area contributed by atoms with Crippen LogP contribution >= 0.6 is 22.6 Å². The fourth-order valence-corrected chi connectivity index (χ4v) is 5.64. The third kappa shape index (κ3) is 4.80. The van der Waals surface area contributed by atoms with E-state index in [4.69, 9.17) is 4.74 Å². The lowest BCUT2D eigenvalue weighted by atomic mass is 10.2. The lowest BCUT2D eigenvalue weighted by Gasteiger charge is -2.27. The molecule has 1 fully saturated rings. The van der Waals surface area contributed by atoms with Gasteiger partial charge in [-0.2, -0.15) is 4.31 Å². The molecule has 2 amide bonds. The molecule has 3 aromatic carbocycles. The Morgan fingerprint density at radius 1 is 0.970 bits per heavy atom. The molecule has 1 saturated heterocycles. The number of nitrogens with zero attached hydrogens (tertiary/aromatic N) is 2. The molecule has 170 valence electrons. The Kier molecular flexibility index (Phi) is 6.82. The van der Waals surface area contributed by atoms with Crippen molar-refractivity contribution in [1.82, 2.24) is 4.31 Å². The molecule has 1 aliphatic heterocycles. The zero-order valence-corrected chi connectivity index (χ0v) is 20.7. The van der Waals surface area contributed by atoms with Gasteiger partial charge in [0, 0.05) is 10.1 Å². The fourth-order valence-electron chi connectivity index (χ4n) is 3.71. The number of methoxy groups -OCH3 is 1. The van der Waals surface area contributed by atoms with Crippen molar-refractivity contribution in [2.75, 3.05) is 12.0 Å². The van der Waals surface area contributed by atoms with Gasteiger partial charge in [0.2, 0.25) is 15.9 Å². The van der Waals surface area contributed by atoms with E-state index >= 15 is 0 Å². The molecule has 0 saturated carbocycles. The first kappa shape index (κ1) is 23.4. The van der Waals surface area contributed by atoms with Gasteiger partial charge in [-0.1, -0.05) is 30.3 Å². The van der Waals surface area contributed by atoms with Crippen molar-refractivity contribution in [2.45, 2.75) is 23.9 Å². The SMILES string of the molecule is COc1ccc(S(=O)(=O)N(Cc2ccccc2)C2CC(=O)N(c3ccc(I)cc3)C2=O)cc1. The lowest BCUT2D eigenvalue weighted by molar-refractivity contribution is -0.122. The predicted molar refractivity (Wildman–Crippen MR) is 132 cm³/mol. The van der Waals surface area contributed by atoms with Gasteiger partial charge < -0.3 is 4.74 Å². The Balaban J connectivity index is 1.73. The van der Waals surface area contributed by atoms with Crippen LogP contribution in [0.1, 0.15) is 12.0 Å². The van der Waals surface area contributed by atoms with Crippen molar-refractivity contribution in [2.24, 2.45) is 0 Å². The van der Waals surface area contributed by atoms with Gasteiger partial charge in [0.1, 0.15) is 11.8 Å². The van der Waals surface area contributed by atoms with Gasteiger partial charge >= 0.3 is 0 Å². The number of rotatable bonds is 7. The van der Waals surface area contributed by atoms with E-state index in [1.807, 2.05) is 6.07 Å². The van der Waals surface area contributed by atoms with Crippen LogP contribution in [0.5, 0.6) is 5.75 Å². The van der Waals surface area contributed by atoms with Crippen molar-refractivity contribution in [3.63, 3.8) is 0 Å².